The van der Waals surface area contributed by atoms with Crippen molar-refractivity contribution in [3.8, 4) is 0 Å². The number of hydrogen-bond donors (Lipinski definition) is 1. The Hall–Kier alpha value is 0.270. The standard InChI is InChI=1S/C11H21NOS/c1-9-8-12(6-7-14-9)10-4-2-3-5-11(10)13/h9-11,13H,2-8H2,1H3. The largest absolute Gasteiger partial charge is 0.391 e. The molecular weight excluding hydrogens is 194 g/mol. The fourth-order valence-corrected chi connectivity index (χ4v) is 3.70. The first-order valence-corrected chi connectivity index (χ1v) is 6.86. The molecule has 1 aliphatic carbocycles. The molecule has 14 heavy (non-hydrogen) atoms. The lowest BCUT2D eigenvalue weighted by molar-refractivity contribution is 0.0219. The summed E-state index contributed by atoms with van der Waals surface area (Å²) in [6.45, 7) is 4.65. The van der Waals surface area contributed by atoms with E-state index in [9.17, 15) is 5.11 Å². The first kappa shape index (κ1) is 10.8. The van der Waals surface area contributed by atoms with Crippen molar-refractivity contribution in [3.63, 3.8) is 0 Å². The van der Waals surface area contributed by atoms with Gasteiger partial charge in [-0.15, -0.1) is 0 Å². The van der Waals surface area contributed by atoms with Gasteiger partial charge in [-0.1, -0.05) is 19.8 Å². The Morgan fingerprint density at radius 3 is 2.79 bits per heavy atom. The van der Waals surface area contributed by atoms with Crippen LogP contribution in [0.25, 0.3) is 0 Å². The maximum atomic E-state index is 9.96. The van der Waals surface area contributed by atoms with Gasteiger partial charge in [-0.2, -0.15) is 11.8 Å². The second kappa shape index (κ2) is 4.86. The first-order valence-electron chi connectivity index (χ1n) is 5.81. The normalized spacial score (nSPS) is 41.1. The molecule has 1 saturated carbocycles. The Morgan fingerprint density at radius 1 is 1.29 bits per heavy atom. The van der Waals surface area contributed by atoms with Crippen molar-refractivity contribution in [2.45, 2.75) is 50.0 Å². The molecule has 3 unspecified atom stereocenters. The van der Waals surface area contributed by atoms with Crippen LogP contribution in [-0.4, -0.2) is 46.2 Å². The summed E-state index contributed by atoms with van der Waals surface area (Å²) in [6, 6.07) is 0.465. The topological polar surface area (TPSA) is 23.5 Å². The van der Waals surface area contributed by atoms with Gasteiger partial charge in [-0.3, -0.25) is 4.90 Å². The molecule has 3 atom stereocenters. The number of aliphatic hydroxyl groups excluding tert-OH is 1. The van der Waals surface area contributed by atoms with Crippen LogP contribution in [0.3, 0.4) is 0 Å². The van der Waals surface area contributed by atoms with E-state index in [1.165, 1.54) is 38.1 Å². The highest BCUT2D eigenvalue weighted by molar-refractivity contribution is 7.99. The fourth-order valence-electron chi connectivity index (χ4n) is 2.66. The summed E-state index contributed by atoms with van der Waals surface area (Å²) in [5, 5.41) is 10.7. The molecule has 82 valence electrons. The van der Waals surface area contributed by atoms with Gasteiger partial charge in [0.2, 0.25) is 0 Å². The van der Waals surface area contributed by atoms with Gasteiger partial charge in [0, 0.05) is 30.1 Å². The fraction of sp³-hybridized carbons (Fsp3) is 1.00. The summed E-state index contributed by atoms with van der Waals surface area (Å²) < 4.78 is 0. The van der Waals surface area contributed by atoms with Crippen LogP contribution in [0.2, 0.25) is 0 Å². The zero-order valence-electron chi connectivity index (χ0n) is 8.98. The summed E-state index contributed by atoms with van der Waals surface area (Å²) >= 11 is 2.06. The number of rotatable bonds is 1. The predicted molar refractivity (Wildman–Crippen MR) is 61.8 cm³/mol. The van der Waals surface area contributed by atoms with Gasteiger partial charge < -0.3 is 5.11 Å². The molecule has 2 fully saturated rings. The van der Waals surface area contributed by atoms with Gasteiger partial charge in [0.1, 0.15) is 0 Å². The molecule has 1 N–H and O–H groups in total. The van der Waals surface area contributed by atoms with E-state index >= 15 is 0 Å². The molecule has 2 rings (SSSR count). The van der Waals surface area contributed by atoms with Crippen LogP contribution in [0.4, 0.5) is 0 Å². The summed E-state index contributed by atoms with van der Waals surface area (Å²) in [5.74, 6) is 1.24. The van der Waals surface area contributed by atoms with Crippen LogP contribution in [0.15, 0.2) is 0 Å². The van der Waals surface area contributed by atoms with E-state index in [1.54, 1.807) is 0 Å². The number of thioether (sulfide) groups is 1. The molecule has 2 aliphatic rings. The Labute approximate surface area is 91.1 Å². The Balaban J connectivity index is 1.91. The lowest BCUT2D eigenvalue weighted by Gasteiger charge is -2.41. The van der Waals surface area contributed by atoms with Crippen molar-refractivity contribution >= 4 is 11.8 Å². The van der Waals surface area contributed by atoms with Crippen LogP contribution in [0, 0.1) is 0 Å². The monoisotopic (exact) mass is 215 g/mol. The van der Waals surface area contributed by atoms with Gasteiger partial charge in [0.05, 0.1) is 6.10 Å². The van der Waals surface area contributed by atoms with Crippen LogP contribution in [0.5, 0.6) is 0 Å². The molecular formula is C11H21NOS. The maximum Gasteiger partial charge on any atom is 0.0695 e. The Kier molecular flexibility index (Phi) is 3.74. The Bertz CT molecular complexity index is 188. The lowest BCUT2D eigenvalue weighted by atomic mass is 9.91. The highest BCUT2D eigenvalue weighted by Gasteiger charge is 2.30. The van der Waals surface area contributed by atoms with Crippen molar-refractivity contribution in [1.29, 1.82) is 0 Å². The molecule has 1 aliphatic heterocycles. The van der Waals surface area contributed by atoms with Gasteiger partial charge >= 0.3 is 0 Å². The minimum Gasteiger partial charge on any atom is -0.391 e. The summed E-state index contributed by atoms with van der Waals surface area (Å²) in [6.07, 6.45) is 4.69. The second-order valence-corrected chi connectivity index (χ2v) is 6.14. The minimum absolute atomic E-state index is 0.0564. The zero-order valence-corrected chi connectivity index (χ0v) is 9.80. The molecule has 0 aromatic carbocycles. The van der Waals surface area contributed by atoms with E-state index in [2.05, 4.69) is 23.6 Å². The van der Waals surface area contributed by atoms with Gasteiger partial charge in [0.15, 0.2) is 0 Å². The molecule has 0 radical (unpaired) electrons. The smallest absolute Gasteiger partial charge is 0.0695 e. The van der Waals surface area contributed by atoms with Crippen molar-refractivity contribution in [2.24, 2.45) is 0 Å². The van der Waals surface area contributed by atoms with E-state index in [0.717, 1.165) is 11.7 Å². The van der Waals surface area contributed by atoms with E-state index < -0.39 is 0 Å². The van der Waals surface area contributed by atoms with E-state index in [0.29, 0.717) is 6.04 Å². The zero-order chi connectivity index (χ0) is 9.97. The number of hydrogen-bond acceptors (Lipinski definition) is 3. The van der Waals surface area contributed by atoms with Gasteiger partial charge in [-0.05, 0) is 12.8 Å². The third kappa shape index (κ3) is 2.44. The SMILES string of the molecule is CC1CN(C2CCCCC2O)CCS1. The number of nitrogens with zero attached hydrogens (tertiary/aromatic N) is 1. The molecule has 2 nitrogen and oxygen atoms in total. The quantitative estimate of drug-likeness (QED) is 0.720. The van der Waals surface area contributed by atoms with Crippen molar-refractivity contribution < 1.29 is 5.11 Å². The molecule has 0 aromatic heterocycles. The third-order valence-corrected chi connectivity index (χ3v) is 4.57. The first-order chi connectivity index (χ1) is 6.77. The van der Waals surface area contributed by atoms with E-state index in [1.807, 2.05) is 0 Å². The second-order valence-electron chi connectivity index (χ2n) is 4.60. The molecule has 0 bridgehead atoms. The van der Waals surface area contributed by atoms with E-state index in [4.69, 9.17) is 0 Å². The highest BCUT2D eigenvalue weighted by atomic mass is 32.2. The van der Waals surface area contributed by atoms with Gasteiger partial charge in [0.25, 0.3) is 0 Å². The average molecular weight is 215 g/mol. The molecule has 3 heteroatoms. The minimum atomic E-state index is -0.0564. The summed E-state index contributed by atoms with van der Waals surface area (Å²) in [7, 11) is 0. The molecule has 1 heterocycles. The van der Waals surface area contributed by atoms with Crippen LogP contribution in [-0.2, 0) is 0 Å². The lowest BCUT2D eigenvalue weighted by Crippen LogP contribution is -2.50. The highest BCUT2D eigenvalue weighted by Crippen LogP contribution is 2.27. The van der Waals surface area contributed by atoms with Crippen molar-refractivity contribution in [3.05, 3.63) is 0 Å². The van der Waals surface area contributed by atoms with Gasteiger partial charge in [-0.25, -0.2) is 0 Å². The summed E-state index contributed by atoms with van der Waals surface area (Å²) in [5.41, 5.74) is 0. The van der Waals surface area contributed by atoms with Crippen LogP contribution >= 0.6 is 11.8 Å². The summed E-state index contributed by atoms with van der Waals surface area (Å²) in [4.78, 5) is 2.52. The average Bonchev–Trinajstić information content (AvgIpc) is 2.18. The number of aliphatic hydroxyl groups is 1. The molecule has 1 saturated heterocycles. The van der Waals surface area contributed by atoms with E-state index in [-0.39, 0.29) is 6.10 Å². The maximum absolute atomic E-state index is 9.96. The van der Waals surface area contributed by atoms with Crippen LogP contribution < -0.4 is 0 Å². The Morgan fingerprint density at radius 2 is 2.07 bits per heavy atom. The van der Waals surface area contributed by atoms with Crippen molar-refractivity contribution in [2.75, 3.05) is 18.8 Å². The predicted octanol–water partition coefficient (Wildman–Crippen LogP) is 1.73. The third-order valence-electron chi connectivity index (χ3n) is 3.44. The van der Waals surface area contributed by atoms with Crippen LogP contribution in [0.1, 0.15) is 32.6 Å². The molecule has 0 spiro atoms. The molecule has 0 aromatic rings. The molecule has 0 amide bonds. The van der Waals surface area contributed by atoms with Crippen molar-refractivity contribution in [1.82, 2.24) is 4.90 Å².